The molecule has 0 saturated heterocycles. The van der Waals surface area contributed by atoms with Gasteiger partial charge in [0.2, 0.25) is 0 Å². The van der Waals surface area contributed by atoms with Crippen molar-refractivity contribution in [1.29, 1.82) is 0 Å². The Labute approximate surface area is 73.5 Å². The fourth-order valence-electron chi connectivity index (χ4n) is 0.559. The SMILES string of the molecule is CO.Nc1nc(CC(=O)O)cs1. The number of carboxylic acid groups (broad SMARTS) is 1. The number of aliphatic hydroxyl groups is 1. The van der Waals surface area contributed by atoms with Gasteiger partial charge in [-0.1, -0.05) is 0 Å². The summed E-state index contributed by atoms with van der Waals surface area (Å²) < 4.78 is 0. The van der Waals surface area contributed by atoms with Crippen molar-refractivity contribution in [2.45, 2.75) is 6.42 Å². The number of carbonyl (C=O) groups is 1. The molecule has 1 rings (SSSR count). The van der Waals surface area contributed by atoms with Crippen molar-refractivity contribution in [3.8, 4) is 0 Å². The molecule has 0 aliphatic rings. The van der Waals surface area contributed by atoms with E-state index >= 15 is 0 Å². The second kappa shape index (κ2) is 5.50. The number of aliphatic carboxylic acids is 1. The van der Waals surface area contributed by atoms with Crippen LogP contribution in [-0.2, 0) is 11.2 Å². The van der Waals surface area contributed by atoms with Gasteiger partial charge >= 0.3 is 5.97 Å². The monoisotopic (exact) mass is 190 g/mol. The largest absolute Gasteiger partial charge is 0.481 e. The summed E-state index contributed by atoms with van der Waals surface area (Å²) in [6.07, 6.45) is -0.0479. The van der Waals surface area contributed by atoms with E-state index in [9.17, 15) is 4.79 Å². The van der Waals surface area contributed by atoms with Crippen LogP contribution >= 0.6 is 11.3 Å². The van der Waals surface area contributed by atoms with Gasteiger partial charge in [0, 0.05) is 12.5 Å². The highest BCUT2D eigenvalue weighted by Gasteiger charge is 2.02. The molecule has 1 heterocycles. The summed E-state index contributed by atoms with van der Waals surface area (Å²) in [4.78, 5) is 13.9. The number of rotatable bonds is 2. The lowest BCUT2D eigenvalue weighted by molar-refractivity contribution is -0.136. The first-order valence-electron chi connectivity index (χ1n) is 3.05. The molecule has 0 saturated carbocycles. The van der Waals surface area contributed by atoms with Gasteiger partial charge in [0.15, 0.2) is 5.13 Å². The molecular weight excluding hydrogens is 180 g/mol. The normalized spacial score (nSPS) is 8.50. The molecule has 4 N–H and O–H groups in total. The summed E-state index contributed by atoms with van der Waals surface area (Å²) in [5, 5.41) is 17.4. The van der Waals surface area contributed by atoms with Gasteiger partial charge in [-0.2, -0.15) is 0 Å². The van der Waals surface area contributed by atoms with Crippen LogP contribution in [0.3, 0.4) is 0 Å². The minimum absolute atomic E-state index is 0.0479. The first-order chi connectivity index (χ1) is 5.68. The van der Waals surface area contributed by atoms with Crippen molar-refractivity contribution >= 4 is 22.4 Å². The standard InChI is InChI=1S/C5H6N2O2S.CH4O/c6-5-7-3(2-10-5)1-4(8)9;1-2/h2H,1H2,(H2,6,7)(H,8,9);2H,1H3. The van der Waals surface area contributed by atoms with Crippen LogP contribution in [0.4, 0.5) is 5.13 Å². The fraction of sp³-hybridized carbons (Fsp3) is 0.333. The molecule has 6 heteroatoms. The van der Waals surface area contributed by atoms with Crippen LogP contribution in [0.5, 0.6) is 0 Å². The third kappa shape index (κ3) is 3.89. The average Bonchev–Trinajstić information content (AvgIpc) is 2.39. The van der Waals surface area contributed by atoms with Crippen LogP contribution in [0.1, 0.15) is 5.69 Å². The van der Waals surface area contributed by atoms with E-state index in [0.717, 1.165) is 7.11 Å². The van der Waals surface area contributed by atoms with Gasteiger partial charge in [-0.15, -0.1) is 11.3 Å². The van der Waals surface area contributed by atoms with E-state index in [1.807, 2.05) is 0 Å². The van der Waals surface area contributed by atoms with Gasteiger partial charge in [-0.05, 0) is 0 Å². The Morgan fingerprint density at radius 3 is 2.67 bits per heavy atom. The molecule has 1 aromatic heterocycles. The summed E-state index contributed by atoms with van der Waals surface area (Å²) in [6, 6.07) is 0. The van der Waals surface area contributed by atoms with Gasteiger partial charge < -0.3 is 15.9 Å². The molecule has 5 nitrogen and oxygen atoms in total. The van der Waals surface area contributed by atoms with Crippen molar-refractivity contribution < 1.29 is 15.0 Å². The van der Waals surface area contributed by atoms with E-state index in [2.05, 4.69) is 4.98 Å². The van der Waals surface area contributed by atoms with Crippen molar-refractivity contribution in [2.75, 3.05) is 12.8 Å². The zero-order valence-corrected chi connectivity index (χ0v) is 7.34. The molecule has 0 unspecified atom stereocenters. The zero-order valence-electron chi connectivity index (χ0n) is 6.52. The predicted octanol–water partition coefficient (Wildman–Crippen LogP) is -0.0391. The number of nitrogens with two attached hydrogens (primary N) is 1. The molecule has 68 valence electrons. The molecular formula is C6H10N2O3S. The van der Waals surface area contributed by atoms with E-state index < -0.39 is 5.97 Å². The Bertz CT molecular complexity index is 249. The third-order valence-corrected chi connectivity index (χ3v) is 1.62. The average molecular weight is 190 g/mol. The first-order valence-corrected chi connectivity index (χ1v) is 3.93. The number of carboxylic acids is 1. The lowest BCUT2D eigenvalue weighted by Gasteiger charge is -1.85. The van der Waals surface area contributed by atoms with Gasteiger partial charge in [-0.3, -0.25) is 4.79 Å². The van der Waals surface area contributed by atoms with Crippen LogP contribution in [0, 0.1) is 0 Å². The molecule has 0 fully saturated rings. The summed E-state index contributed by atoms with van der Waals surface area (Å²) >= 11 is 1.25. The van der Waals surface area contributed by atoms with Gasteiger partial charge in [0.05, 0.1) is 12.1 Å². The highest BCUT2D eigenvalue weighted by Crippen LogP contribution is 2.10. The van der Waals surface area contributed by atoms with Gasteiger partial charge in [-0.25, -0.2) is 4.98 Å². The Hall–Kier alpha value is -1.14. The van der Waals surface area contributed by atoms with Crippen molar-refractivity contribution in [2.24, 2.45) is 0 Å². The molecule has 0 amide bonds. The van der Waals surface area contributed by atoms with Gasteiger partial charge in [0.1, 0.15) is 0 Å². The summed E-state index contributed by atoms with van der Waals surface area (Å²) in [5.41, 5.74) is 5.79. The molecule has 0 aliphatic carbocycles. The van der Waals surface area contributed by atoms with Crippen molar-refractivity contribution in [1.82, 2.24) is 4.98 Å². The highest BCUT2D eigenvalue weighted by atomic mass is 32.1. The van der Waals surface area contributed by atoms with E-state index in [1.54, 1.807) is 5.38 Å². The molecule has 0 aliphatic heterocycles. The zero-order chi connectivity index (χ0) is 9.56. The minimum Gasteiger partial charge on any atom is -0.481 e. The van der Waals surface area contributed by atoms with E-state index in [0.29, 0.717) is 10.8 Å². The second-order valence-electron chi connectivity index (χ2n) is 1.75. The molecule has 0 bridgehead atoms. The Morgan fingerprint density at radius 1 is 1.75 bits per heavy atom. The quantitative estimate of drug-likeness (QED) is 0.608. The Morgan fingerprint density at radius 2 is 2.33 bits per heavy atom. The number of aromatic nitrogens is 1. The molecule has 12 heavy (non-hydrogen) atoms. The number of nitrogen functional groups attached to an aromatic ring is 1. The highest BCUT2D eigenvalue weighted by molar-refractivity contribution is 7.13. The lowest BCUT2D eigenvalue weighted by atomic mass is 10.3. The van der Waals surface area contributed by atoms with Gasteiger partial charge in [0.25, 0.3) is 0 Å². The molecule has 0 atom stereocenters. The smallest absolute Gasteiger partial charge is 0.309 e. The molecule has 0 radical (unpaired) electrons. The lowest BCUT2D eigenvalue weighted by Crippen LogP contribution is -2.00. The summed E-state index contributed by atoms with van der Waals surface area (Å²) in [6.45, 7) is 0. The number of anilines is 1. The van der Waals surface area contributed by atoms with Crippen LogP contribution in [-0.4, -0.2) is 28.3 Å². The predicted molar refractivity (Wildman–Crippen MR) is 46.0 cm³/mol. The number of hydrogen-bond donors (Lipinski definition) is 3. The molecule has 1 aromatic rings. The second-order valence-corrected chi connectivity index (χ2v) is 2.64. The minimum atomic E-state index is -0.884. The van der Waals surface area contributed by atoms with Crippen molar-refractivity contribution in [3.63, 3.8) is 0 Å². The van der Waals surface area contributed by atoms with E-state index in [-0.39, 0.29) is 6.42 Å². The number of nitrogens with zero attached hydrogens (tertiary/aromatic N) is 1. The fourth-order valence-corrected chi connectivity index (χ4v) is 1.12. The van der Waals surface area contributed by atoms with Crippen LogP contribution in [0.25, 0.3) is 0 Å². The third-order valence-electron chi connectivity index (χ3n) is 0.902. The summed E-state index contributed by atoms with van der Waals surface area (Å²) in [7, 11) is 1.00. The first kappa shape index (κ1) is 10.9. The topological polar surface area (TPSA) is 96.4 Å². The molecule has 0 spiro atoms. The van der Waals surface area contributed by atoms with Crippen LogP contribution < -0.4 is 5.73 Å². The van der Waals surface area contributed by atoms with Crippen LogP contribution in [0.2, 0.25) is 0 Å². The van der Waals surface area contributed by atoms with E-state index in [4.69, 9.17) is 15.9 Å². The maximum absolute atomic E-state index is 10.1. The van der Waals surface area contributed by atoms with E-state index in [1.165, 1.54) is 11.3 Å². The number of hydrogen-bond acceptors (Lipinski definition) is 5. The maximum Gasteiger partial charge on any atom is 0.309 e. The Balaban J connectivity index is 0.000000561. The number of aliphatic hydroxyl groups excluding tert-OH is 1. The molecule has 0 aromatic carbocycles. The maximum atomic E-state index is 10.1. The summed E-state index contributed by atoms with van der Waals surface area (Å²) in [5.74, 6) is -0.884. The number of thiazole rings is 1. The Kier molecular flexibility index (Phi) is 4.98. The van der Waals surface area contributed by atoms with Crippen molar-refractivity contribution in [3.05, 3.63) is 11.1 Å². The van der Waals surface area contributed by atoms with Crippen LogP contribution in [0.15, 0.2) is 5.38 Å².